The van der Waals surface area contributed by atoms with E-state index in [2.05, 4.69) is 20.2 Å². The molecule has 27 heavy (non-hydrogen) atoms. The number of benzene rings is 1. The fraction of sp³-hybridized carbons (Fsp3) is 0.474. The summed E-state index contributed by atoms with van der Waals surface area (Å²) in [5.41, 5.74) is 2.38. The quantitative estimate of drug-likeness (QED) is 0.672. The highest BCUT2D eigenvalue weighted by atomic mass is 32.2. The van der Waals surface area contributed by atoms with Gasteiger partial charge in [0.25, 0.3) is 0 Å². The van der Waals surface area contributed by atoms with Crippen LogP contribution in [0.2, 0.25) is 0 Å². The molecule has 0 atom stereocenters. The number of sulfonamides is 1. The molecular weight excluding hydrogens is 364 g/mol. The molecule has 146 valence electrons. The summed E-state index contributed by atoms with van der Waals surface area (Å²) in [6, 6.07) is 7.29. The van der Waals surface area contributed by atoms with Gasteiger partial charge in [-0.2, -0.15) is 10.2 Å². The Morgan fingerprint density at radius 2 is 1.93 bits per heavy atom. The summed E-state index contributed by atoms with van der Waals surface area (Å²) in [6.45, 7) is 2.97. The van der Waals surface area contributed by atoms with Gasteiger partial charge in [0.15, 0.2) is 0 Å². The lowest BCUT2D eigenvalue weighted by atomic mass is 10.0. The van der Waals surface area contributed by atoms with Crippen molar-refractivity contribution in [2.45, 2.75) is 44.3 Å². The zero-order valence-corrected chi connectivity index (χ0v) is 16.3. The minimum atomic E-state index is -3.36. The van der Waals surface area contributed by atoms with Gasteiger partial charge in [-0.3, -0.25) is 4.72 Å². The van der Waals surface area contributed by atoms with Crippen LogP contribution in [-0.4, -0.2) is 37.0 Å². The van der Waals surface area contributed by atoms with Crippen molar-refractivity contribution in [2.24, 2.45) is 0 Å². The van der Waals surface area contributed by atoms with Crippen LogP contribution in [-0.2, 0) is 10.0 Å². The third-order valence-electron chi connectivity index (χ3n) is 4.59. The van der Waals surface area contributed by atoms with Crippen LogP contribution in [0, 0.1) is 6.92 Å². The lowest BCUT2D eigenvalue weighted by Gasteiger charge is -2.22. The molecule has 0 saturated heterocycles. The fourth-order valence-electron chi connectivity index (χ4n) is 3.27. The van der Waals surface area contributed by atoms with Gasteiger partial charge in [0, 0.05) is 12.6 Å². The zero-order valence-electron chi connectivity index (χ0n) is 15.5. The van der Waals surface area contributed by atoms with Crippen molar-refractivity contribution in [1.29, 1.82) is 0 Å². The van der Waals surface area contributed by atoms with Gasteiger partial charge in [-0.1, -0.05) is 19.3 Å². The first-order valence-corrected chi connectivity index (χ1v) is 10.8. The van der Waals surface area contributed by atoms with E-state index < -0.39 is 10.0 Å². The van der Waals surface area contributed by atoms with Crippen LogP contribution in [0.4, 0.5) is 11.4 Å². The number of hydrogen-bond donors (Lipinski definition) is 2. The van der Waals surface area contributed by atoms with Crippen LogP contribution in [0.3, 0.4) is 0 Å². The molecule has 2 aromatic rings. The third kappa shape index (κ3) is 5.82. The normalized spacial score (nSPS) is 15.3. The molecule has 8 heteroatoms. The van der Waals surface area contributed by atoms with Crippen molar-refractivity contribution < 1.29 is 13.2 Å². The number of rotatable bonds is 8. The smallest absolute Gasteiger partial charge is 0.235 e. The molecule has 7 nitrogen and oxygen atoms in total. The maximum atomic E-state index is 12.6. The molecule has 1 fully saturated rings. The van der Waals surface area contributed by atoms with Crippen LogP contribution < -0.4 is 14.8 Å². The SMILES string of the molecule is Cc1cc(NS(=O)(=O)C2CCCCC2)cc(OCCNc2ccnnc2)c1. The summed E-state index contributed by atoms with van der Waals surface area (Å²) in [5, 5.41) is 10.4. The van der Waals surface area contributed by atoms with E-state index in [0.29, 0.717) is 24.6 Å². The van der Waals surface area contributed by atoms with Crippen LogP contribution in [0.15, 0.2) is 36.7 Å². The summed E-state index contributed by atoms with van der Waals surface area (Å²) < 4.78 is 33.8. The van der Waals surface area contributed by atoms with Gasteiger partial charge >= 0.3 is 0 Å². The van der Waals surface area contributed by atoms with Crippen LogP contribution in [0.1, 0.15) is 37.7 Å². The summed E-state index contributed by atoms with van der Waals surface area (Å²) in [4.78, 5) is 0. The van der Waals surface area contributed by atoms with Crippen LogP contribution >= 0.6 is 0 Å². The second-order valence-corrected chi connectivity index (χ2v) is 8.81. The average Bonchev–Trinajstić information content (AvgIpc) is 2.66. The second kappa shape index (κ2) is 9.03. The average molecular weight is 391 g/mol. The standard InChI is InChI=1S/C19H26N4O3S/c1-15-11-17(23-27(24,25)19-5-3-2-4-6-19)13-18(12-15)26-10-9-20-16-7-8-21-22-14-16/h7-8,11-14,19,23H,2-6,9-10H2,1H3,(H,20,21). The highest BCUT2D eigenvalue weighted by Crippen LogP contribution is 2.27. The van der Waals surface area contributed by atoms with Gasteiger partial charge in [-0.15, -0.1) is 0 Å². The Morgan fingerprint density at radius 3 is 2.67 bits per heavy atom. The first-order chi connectivity index (χ1) is 13.0. The lowest BCUT2D eigenvalue weighted by molar-refractivity contribution is 0.333. The number of hydrogen-bond acceptors (Lipinski definition) is 6. The molecule has 3 rings (SSSR count). The molecule has 1 aliphatic carbocycles. The lowest BCUT2D eigenvalue weighted by Crippen LogP contribution is -2.29. The van der Waals surface area contributed by atoms with Crippen LogP contribution in [0.25, 0.3) is 0 Å². The highest BCUT2D eigenvalue weighted by Gasteiger charge is 2.27. The monoisotopic (exact) mass is 390 g/mol. The first kappa shape index (κ1) is 19.4. The van der Waals surface area contributed by atoms with Crippen molar-refractivity contribution in [3.63, 3.8) is 0 Å². The molecule has 0 amide bonds. The number of aryl methyl sites for hydroxylation is 1. The summed E-state index contributed by atoms with van der Waals surface area (Å²) in [7, 11) is -3.36. The molecule has 0 spiro atoms. The van der Waals surface area contributed by atoms with E-state index in [9.17, 15) is 8.42 Å². The van der Waals surface area contributed by atoms with Crippen molar-refractivity contribution >= 4 is 21.4 Å². The number of nitrogens with zero attached hydrogens (tertiary/aromatic N) is 2. The summed E-state index contributed by atoms with van der Waals surface area (Å²) >= 11 is 0. The molecule has 2 N–H and O–H groups in total. The number of nitrogens with one attached hydrogen (secondary N) is 2. The molecule has 0 aliphatic heterocycles. The molecule has 1 heterocycles. The molecule has 1 aliphatic rings. The van der Waals surface area contributed by atoms with Crippen LogP contribution in [0.5, 0.6) is 5.75 Å². The Kier molecular flexibility index (Phi) is 6.49. The zero-order chi connectivity index (χ0) is 19.1. The van der Waals surface area contributed by atoms with Gasteiger partial charge in [-0.25, -0.2) is 8.42 Å². The Labute approximate surface area is 160 Å². The van der Waals surface area contributed by atoms with Crippen molar-refractivity contribution in [2.75, 3.05) is 23.2 Å². The van der Waals surface area contributed by atoms with E-state index in [1.54, 1.807) is 18.5 Å². The number of anilines is 2. The Bertz CT molecular complexity index is 837. The highest BCUT2D eigenvalue weighted by molar-refractivity contribution is 7.93. The van der Waals surface area contributed by atoms with E-state index >= 15 is 0 Å². The van der Waals surface area contributed by atoms with E-state index in [1.165, 1.54) is 0 Å². The largest absolute Gasteiger partial charge is 0.492 e. The predicted octanol–water partition coefficient (Wildman–Crippen LogP) is 3.35. The van der Waals surface area contributed by atoms with Gasteiger partial charge in [-0.05, 0) is 43.5 Å². The molecule has 1 saturated carbocycles. The van der Waals surface area contributed by atoms with E-state index in [-0.39, 0.29) is 5.25 Å². The fourth-order valence-corrected chi connectivity index (χ4v) is 4.84. The maximum Gasteiger partial charge on any atom is 0.235 e. The van der Waals surface area contributed by atoms with Crippen molar-refractivity contribution in [3.05, 3.63) is 42.2 Å². The Balaban J connectivity index is 1.57. The minimum absolute atomic E-state index is 0.297. The van der Waals surface area contributed by atoms with E-state index in [1.807, 2.05) is 25.1 Å². The Morgan fingerprint density at radius 1 is 1.11 bits per heavy atom. The van der Waals surface area contributed by atoms with Gasteiger partial charge in [0.1, 0.15) is 12.4 Å². The Hall–Kier alpha value is -2.35. The van der Waals surface area contributed by atoms with Gasteiger partial charge in [0.2, 0.25) is 10.0 Å². The second-order valence-electron chi connectivity index (χ2n) is 6.85. The minimum Gasteiger partial charge on any atom is -0.492 e. The molecule has 0 unspecified atom stereocenters. The molecule has 1 aromatic carbocycles. The van der Waals surface area contributed by atoms with E-state index in [4.69, 9.17) is 4.74 Å². The summed E-state index contributed by atoms with van der Waals surface area (Å²) in [6.07, 6.45) is 7.82. The topological polar surface area (TPSA) is 93.2 Å². The predicted molar refractivity (Wildman–Crippen MR) is 107 cm³/mol. The molecule has 0 bridgehead atoms. The number of aromatic nitrogens is 2. The summed E-state index contributed by atoms with van der Waals surface area (Å²) in [5.74, 6) is 0.644. The third-order valence-corrected chi connectivity index (χ3v) is 6.46. The molecule has 1 aromatic heterocycles. The maximum absolute atomic E-state index is 12.6. The van der Waals surface area contributed by atoms with Crippen molar-refractivity contribution in [1.82, 2.24) is 10.2 Å². The van der Waals surface area contributed by atoms with Gasteiger partial charge < -0.3 is 10.1 Å². The van der Waals surface area contributed by atoms with Gasteiger partial charge in [0.05, 0.1) is 29.0 Å². The van der Waals surface area contributed by atoms with E-state index in [0.717, 1.165) is 43.4 Å². The van der Waals surface area contributed by atoms with Crippen molar-refractivity contribution in [3.8, 4) is 5.75 Å². The molecule has 0 radical (unpaired) electrons. The molecular formula is C19H26N4O3S. The first-order valence-electron chi connectivity index (χ1n) is 9.30. The number of ether oxygens (including phenoxy) is 1.